The first-order chi connectivity index (χ1) is 11.6. The van der Waals surface area contributed by atoms with E-state index in [1.54, 1.807) is 30.3 Å². The number of pyridine rings is 1. The monoisotopic (exact) mass is 360 g/mol. The molecule has 7 heteroatoms. The fourth-order valence-electron chi connectivity index (χ4n) is 2.93. The van der Waals surface area contributed by atoms with Crippen LogP contribution in [0.2, 0.25) is 0 Å². The largest absolute Gasteiger partial charge is 0.480 e. The summed E-state index contributed by atoms with van der Waals surface area (Å²) in [6.07, 6.45) is 1.45. The van der Waals surface area contributed by atoms with Gasteiger partial charge in [0.2, 0.25) is 0 Å². The average molecular weight is 360 g/mol. The highest BCUT2D eigenvalue weighted by Crippen LogP contribution is 2.36. The molecule has 0 saturated carbocycles. The van der Waals surface area contributed by atoms with Crippen molar-refractivity contribution in [1.82, 2.24) is 4.98 Å². The maximum atomic E-state index is 13.1. The number of aliphatic carboxylic acids is 1. The van der Waals surface area contributed by atoms with E-state index in [2.05, 4.69) is 4.98 Å². The van der Waals surface area contributed by atoms with Gasteiger partial charge in [-0.05, 0) is 23.8 Å². The number of hydrogen-bond acceptors (Lipinski definition) is 4. The third-order valence-corrected chi connectivity index (χ3v) is 6.08. The maximum Gasteiger partial charge on any atom is 0.327 e. The topological polar surface area (TPSA) is 87.6 Å². The maximum absolute atomic E-state index is 13.1. The van der Waals surface area contributed by atoms with Crippen LogP contribution in [0.4, 0.5) is 5.69 Å². The molecule has 132 valence electrons. The third kappa shape index (κ3) is 3.00. The lowest BCUT2D eigenvalue weighted by atomic mass is 9.92. The van der Waals surface area contributed by atoms with E-state index >= 15 is 0 Å². The molecule has 0 spiro atoms. The number of carboxylic acids is 1. The summed E-state index contributed by atoms with van der Waals surface area (Å²) in [5, 5.41) is 9.50. The smallest absolute Gasteiger partial charge is 0.327 e. The molecule has 0 amide bonds. The number of aromatic nitrogens is 1. The van der Waals surface area contributed by atoms with Gasteiger partial charge >= 0.3 is 5.97 Å². The first kappa shape index (κ1) is 17.4. The highest BCUT2D eigenvalue weighted by molar-refractivity contribution is 7.93. The van der Waals surface area contributed by atoms with Crippen molar-refractivity contribution in [2.45, 2.75) is 43.5 Å². The average Bonchev–Trinajstić information content (AvgIpc) is 2.94. The molecular weight excluding hydrogens is 340 g/mol. The summed E-state index contributed by atoms with van der Waals surface area (Å²) in [6, 6.07) is 8.87. The number of carboxylic acid groups (broad SMARTS) is 1. The number of hydrogen-bond donors (Lipinski definition) is 1. The van der Waals surface area contributed by atoms with Gasteiger partial charge < -0.3 is 5.11 Å². The predicted octanol–water partition coefficient (Wildman–Crippen LogP) is 2.58. The van der Waals surface area contributed by atoms with Crippen LogP contribution in [0.5, 0.6) is 0 Å². The molecule has 1 atom stereocenters. The summed E-state index contributed by atoms with van der Waals surface area (Å²) < 4.78 is 27.2. The summed E-state index contributed by atoms with van der Waals surface area (Å²) >= 11 is 0. The van der Waals surface area contributed by atoms with Gasteiger partial charge in [0.25, 0.3) is 10.0 Å². The normalized spacial score (nSPS) is 17.4. The minimum absolute atomic E-state index is 0.0107. The summed E-state index contributed by atoms with van der Waals surface area (Å²) in [7, 11) is -4.02. The second-order valence-electron chi connectivity index (χ2n) is 7.12. The quantitative estimate of drug-likeness (QED) is 0.909. The van der Waals surface area contributed by atoms with Crippen molar-refractivity contribution in [3.8, 4) is 0 Å². The summed E-state index contributed by atoms with van der Waals surface area (Å²) in [6.45, 7) is 5.96. The number of fused-ring (bicyclic) bond motifs is 1. The molecule has 25 heavy (non-hydrogen) atoms. The fourth-order valence-corrected chi connectivity index (χ4v) is 4.52. The minimum atomic E-state index is -4.02. The molecule has 2 heterocycles. The van der Waals surface area contributed by atoms with Gasteiger partial charge in [-0.1, -0.05) is 39.0 Å². The molecular formula is C18H20N2O4S. The standard InChI is InChI=1S/C18H20N2O4S/c1-18(2,3)16-9-8-13(11-19-16)25(23,24)20-14-7-5-4-6-12(14)10-15(20)17(21)22/h4-9,11,15H,10H2,1-3H3,(H,21,22). The Balaban J connectivity index is 2.08. The zero-order chi connectivity index (χ0) is 18.4. The Morgan fingerprint density at radius 1 is 1.20 bits per heavy atom. The van der Waals surface area contributed by atoms with E-state index in [1.165, 1.54) is 12.3 Å². The molecule has 0 aliphatic carbocycles. The number of carbonyl (C=O) groups is 1. The van der Waals surface area contributed by atoms with E-state index in [9.17, 15) is 18.3 Å². The van der Waals surface area contributed by atoms with Crippen molar-refractivity contribution in [3.05, 3.63) is 53.9 Å². The van der Waals surface area contributed by atoms with E-state index < -0.39 is 22.0 Å². The first-order valence-electron chi connectivity index (χ1n) is 7.94. The Bertz CT molecular complexity index is 915. The molecule has 3 rings (SSSR count). The van der Waals surface area contributed by atoms with Gasteiger partial charge in [0.05, 0.1) is 5.69 Å². The van der Waals surface area contributed by atoms with Crippen molar-refractivity contribution in [1.29, 1.82) is 0 Å². The van der Waals surface area contributed by atoms with Gasteiger partial charge in [0.1, 0.15) is 10.9 Å². The molecule has 6 nitrogen and oxygen atoms in total. The number of nitrogens with zero attached hydrogens (tertiary/aromatic N) is 2. The predicted molar refractivity (Wildman–Crippen MR) is 94.2 cm³/mol. The summed E-state index contributed by atoms with van der Waals surface area (Å²) in [5.41, 5.74) is 1.68. The Morgan fingerprint density at radius 2 is 1.88 bits per heavy atom. The number of sulfonamides is 1. The summed E-state index contributed by atoms with van der Waals surface area (Å²) in [4.78, 5) is 15.9. The number of para-hydroxylation sites is 1. The Hall–Kier alpha value is -2.41. The van der Waals surface area contributed by atoms with Crippen molar-refractivity contribution in [2.75, 3.05) is 4.31 Å². The Morgan fingerprint density at radius 3 is 2.44 bits per heavy atom. The van der Waals surface area contributed by atoms with Crippen LogP contribution in [0.15, 0.2) is 47.5 Å². The Labute approximate surface area is 147 Å². The molecule has 2 aromatic rings. The number of anilines is 1. The zero-order valence-electron chi connectivity index (χ0n) is 14.3. The second kappa shape index (κ2) is 5.84. The molecule has 1 aliphatic rings. The first-order valence-corrected chi connectivity index (χ1v) is 9.38. The van der Waals surface area contributed by atoms with Crippen molar-refractivity contribution < 1.29 is 18.3 Å². The lowest BCUT2D eigenvalue weighted by Crippen LogP contribution is -2.42. The molecule has 1 aromatic heterocycles. The lowest BCUT2D eigenvalue weighted by Gasteiger charge is -2.24. The van der Waals surface area contributed by atoms with Crippen LogP contribution in [0.3, 0.4) is 0 Å². The van der Waals surface area contributed by atoms with Crippen LogP contribution < -0.4 is 4.31 Å². The van der Waals surface area contributed by atoms with Crippen molar-refractivity contribution in [2.24, 2.45) is 0 Å². The van der Waals surface area contributed by atoms with Gasteiger partial charge in [-0.15, -0.1) is 0 Å². The summed E-state index contributed by atoms with van der Waals surface area (Å²) in [5.74, 6) is -1.17. The Kier molecular flexibility index (Phi) is 4.07. The zero-order valence-corrected chi connectivity index (χ0v) is 15.1. The van der Waals surface area contributed by atoms with Crippen molar-refractivity contribution >= 4 is 21.7 Å². The van der Waals surface area contributed by atoms with Crippen LogP contribution in [-0.2, 0) is 26.7 Å². The molecule has 1 aliphatic heterocycles. The SMILES string of the molecule is CC(C)(C)c1ccc(S(=O)(=O)N2c3ccccc3CC2C(=O)O)cn1. The van der Waals surface area contributed by atoms with Gasteiger partial charge in [-0.2, -0.15) is 0 Å². The number of rotatable bonds is 3. The molecule has 0 fully saturated rings. The van der Waals surface area contributed by atoms with E-state index in [-0.39, 0.29) is 16.7 Å². The second-order valence-corrected chi connectivity index (χ2v) is 8.93. The third-order valence-electron chi connectivity index (χ3n) is 4.27. The number of benzene rings is 1. The van der Waals surface area contributed by atoms with Crippen LogP contribution in [0.25, 0.3) is 0 Å². The van der Waals surface area contributed by atoms with Crippen LogP contribution in [0, 0.1) is 0 Å². The van der Waals surface area contributed by atoms with Gasteiger partial charge in [0.15, 0.2) is 0 Å². The molecule has 0 bridgehead atoms. The minimum Gasteiger partial charge on any atom is -0.480 e. The van der Waals surface area contributed by atoms with Gasteiger partial charge in [0, 0.05) is 23.7 Å². The van der Waals surface area contributed by atoms with Gasteiger partial charge in [-0.25, -0.2) is 13.2 Å². The lowest BCUT2D eigenvalue weighted by molar-refractivity contribution is -0.138. The fraction of sp³-hybridized carbons (Fsp3) is 0.333. The molecule has 0 saturated heterocycles. The van der Waals surface area contributed by atoms with E-state index in [1.807, 2.05) is 20.8 Å². The highest BCUT2D eigenvalue weighted by atomic mass is 32.2. The van der Waals surface area contributed by atoms with Crippen LogP contribution in [0.1, 0.15) is 32.0 Å². The molecule has 0 radical (unpaired) electrons. The van der Waals surface area contributed by atoms with Crippen LogP contribution >= 0.6 is 0 Å². The molecule has 1 aromatic carbocycles. The van der Waals surface area contributed by atoms with E-state index in [4.69, 9.17) is 0 Å². The molecule has 1 unspecified atom stereocenters. The van der Waals surface area contributed by atoms with Crippen LogP contribution in [-0.4, -0.2) is 30.5 Å². The molecule has 1 N–H and O–H groups in total. The van der Waals surface area contributed by atoms with Crippen molar-refractivity contribution in [3.63, 3.8) is 0 Å². The van der Waals surface area contributed by atoms with E-state index in [0.717, 1.165) is 10.00 Å². The van der Waals surface area contributed by atoms with Gasteiger partial charge in [-0.3, -0.25) is 9.29 Å². The highest BCUT2D eigenvalue weighted by Gasteiger charge is 2.42. The van der Waals surface area contributed by atoms with E-state index in [0.29, 0.717) is 11.3 Å².